The Bertz CT molecular complexity index is 421. The molecule has 0 radical (unpaired) electrons. The van der Waals surface area contributed by atoms with Gasteiger partial charge in [-0.2, -0.15) is 0 Å². The van der Waals surface area contributed by atoms with E-state index in [0.717, 1.165) is 6.29 Å². The number of allylic oxidation sites excluding steroid dienone is 1. The van der Waals surface area contributed by atoms with Gasteiger partial charge in [0.05, 0.1) is 12.7 Å². The van der Waals surface area contributed by atoms with E-state index < -0.39 is 5.97 Å². The number of phenolic OH excluding ortho intramolecular Hbond substituents is 1. The first-order chi connectivity index (χ1) is 7.69. The van der Waals surface area contributed by atoms with Crippen LogP contribution in [0.4, 0.5) is 0 Å². The third kappa shape index (κ3) is 2.95. The molecule has 1 N–H and O–H groups in total. The summed E-state index contributed by atoms with van der Waals surface area (Å²) < 4.78 is 4.52. The topological polar surface area (TPSA) is 63.6 Å². The minimum Gasteiger partial charge on any atom is -0.507 e. The summed E-state index contributed by atoms with van der Waals surface area (Å²) in [7, 11) is 1.28. The molecule has 0 aromatic heterocycles. The zero-order chi connectivity index (χ0) is 12.0. The molecule has 0 heterocycles. The molecule has 0 aliphatic heterocycles. The number of aldehydes is 1. The molecule has 0 bridgehead atoms. The first-order valence-corrected chi connectivity index (χ1v) is 4.70. The average Bonchev–Trinajstić information content (AvgIpc) is 2.30. The second-order valence-corrected chi connectivity index (χ2v) is 3.07. The Hall–Kier alpha value is -2.10. The molecule has 1 rings (SSSR count). The van der Waals surface area contributed by atoms with Gasteiger partial charge >= 0.3 is 5.97 Å². The first-order valence-electron chi connectivity index (χ1n) is 4.70. The number of carbonyl (C=O) groups is 2. The van der Waals surface area contributed by atoms with Crippen LogP contribution in [-0.2, 0) is 9.53 Å². The summed E-state index contributed by atoms with van der Waals surface area (Å²) in [4.78, 5) is 21.2. The third-order valence-electron chi connectivity index (χ3n) is 1.98. The number of hydrogen-bond donors (Lipinski definition) is 1. The lowest BCUT2D eigenvalue weighted by molar-refractivity contribution is -0.107. The Kier molecular flexibility index (Phi) is 4.27. The van der Waals surface area contributed by atoms with E-state index >= 15 is 0 Å². The van der Waals surface area contributed by atoms with Crippen LogP contribution in [0.2, 0.25) is 0 Å². The van der Waals surface area contributed by atoms with Crippen LogP contribution in [-0.4, -0.2) is 24.5 Å². The van der Waals surface area contributed by atoms with Gasteiger partial charge in [-0.05, 0) is 12.1 Å². The first kappa shape index (κ1) is 12.0. The van der Waals surface area contributed by atoms with E-state index in [1.54, 1.807) is 24.3 Å². The van der Waals surface area contributed by atoms with Crippen molar-refractivity contribution in [2.24, 2.45) is 0 Å². The van der Waals surface area contributed by atoms with E-state index in [1.165, 1.54) is 13.2 Å². The summed E-state index contributed by atoms with van der Waals surface area (Å²) in [6.07, 6.45) is 4.29. The van der Waals surface area contributed by atoms with Gasteiger partial charge in [0.25, 0.3) is 0 Å². The highest BCUT2D eigenvalue weighted by Gasteiger charge is 2.07. The van der Waals surface area contributed by atoms with Gasteiger partial charge in [0.1, 0.15) is 12.0 Å². The summed E-state index contributed by atoms with van der Waals surface area (Å²) >= 11 is 0. The van der Waals surface area contributed by atoms with Crippen molar-refractivity contribution >= 4 is 18.3 Å². The maximum absolute atomic E-state index is 11.1. The van der Waals surface area contributed by atoms with Gasteiger partial charge in [-0.3, -0.25) is 0 Å². The molecule has 0 aliphatic carbocycles. The van der Waals surface area contributed by atoms with Crippen molar-refractivity contribution in [3.63, 3.8) is 0 Å². The van der Waals surface area contributed by atoms with Crippen LogP contribution in [0.5, 0.6) is 5.75 Å². The summed E-state index contributed by atoms with van der Waals surface area (Å²) in [5.74, 6) is -0.524. The van der Waals surface area contributed by atoms with Crippen molar-refractivity contribution in [2.75, 3.05) is 7.11 Å². The average molecular weight is 220 g/mol. The zero-order valence-electron chi connectivity index (χ0n) is 8.84. The van der Waals surface area contributed by atoms with Crippen molar-refractivity contribution in [1.82, 2.24) is 0 Å². The molecule has 0 atom stereocenters. The number of esters is 1. The molecule has 0 saturated carbocycles. The van der Waals surface area contributed by atoms with Crippen molar-refractivity contribution in [2.45, 2.75) is 6.42 Å². The van der Waals surface area contributed by atoms with E-state index in [4.69, 9.17) is 0 Å². The molecular weight excluding hydrogens is 208 g/mol. The SMILES string of the molecule is COC(=O)c1ccc(C=CCC=O)c(O)c1. The van der Waals surface area contributed by atoms with Gasteiger partial charge in [-0.15, -0.1) is 0 Å². The predicted octanol–water partition coefficient (Wildman–Crippen LogP) is 1.78. The van der Waals surface area contributed by atoms with E-state index in [9.17, 15) is 14.7 Å². The quantitative estimate of drug-likeness (QED) is 0.620. The lowest BCUT2D eigenvalue weighted by Crippen LogP contribution is -2.00. The zero-order valence-corrected chi connectivity index (χ0v) is 8.84. The maximum Gasteiger partial charge on any atom is 0.337 e. The highest BCUT2D eigenvalue weighted by molar-refractivity contribution is 5.90. The molecule has 84 valence electrons. The van der Waals surface area contributed by atoms with Crippen LogP contribution in [0, 0.1) is 0 Å². The van der Waals surface area contributed by atoms with Gasteiger partial charge in [-0.1, -0.05) is 18.2 Å². The Morgan fingerprint density at radius 1 is 1.50 bits per heavy atom. The minimum absolute atomic E-state index is 0.0231. The van der Waals surface area contributed by atoms with Crippen molar-refractivity contribution in [3.05, 3.63) is 35.4 Å². The Labute approximate surface area is 93.2 Å². The fraction of sp³-hybridized carbons (Fsp3) is 0.167. The van der Waals surface area contributed by atoms with Crippen LogP contribution in [0.15, 0.2) is 24.3 Å². The normalized spacial score (nSPS) is 10.3. The van der Waals surface area contributed by atoms with Gasteiger partial charge in [0, 0.05) is 12.0 Å². The molecule has 0 saturated heterocycles. The van der Waals surface area contributed by atoms with E-state index in [-0.39, 0.29) is 17.7 Å². The van der Waals surface area contributed by atoms with Gasteiger partial charge < -0.3 is 14.6 Å². The number of carbonyl (C=O) groups excluding carboxylic acids is 2. The molecule has 0 amide bonds. The Morgan fingerprint density at radius 3 is 2.81 bits per heavy atom. The number of benzene rings is 1. The molecule has 4 heteroatoms. The van der Waals surface area contributed by atoms with Crippen LogP contribution in [0.25, 0.3) is 6.08 Å². The van der Waals surface area contributed by atoms with E-state index in [0.29, 0.717) is 5.56 Å². The molecule has 0 aliphatic rings. The van der Waals surface area contributed by atoms with Crippen LogP contribution < -0.4 is 0 Å². The fourth-order valence-electron chi connectivity index (χ4n) is 1.18. The molecule has 4 nitrogen and oxygen atoms in total. The number of hydrogen-bond acceptors (Lipinski definition) is 4. The van der Waals surface area contributed by atoms with Crippen LogP contribution in [0.1, 0.15) is 22.3 Å². The van der Waals surface area contributed by atoms with Crippen molar-refractivity contribution < 1.29 is 19.4 Å². The maximum atomic E-state index is 11.1. The number of aromatic hydroxyl groups is 1. The lowest BCUT2D eigenvalue weighted by atomic mass is 10.1. The molecule has 1 aromatic carbocycles. The van der Waals surface area contributed by atoms with E-state index in [2.05, 4.69) is 4.74 Å². The minimum atomic E-state index is -0.501. The second kappa shape index (κ2) is 5.70. The van der Waals surface area contributed by atoms with Gasteiger partial charge in [-0.25, -0.2) is 4.79 Å². The number of rotatable bonds is 4. The van der Waals surface area contributed by atoms with Crippen molar-refractivity contribution in [3.8, 4) is 5.75 Å². The predicted molar refractivity (Wildman–Crippen MR) is 59.2 cm³/mol. The molecule has 0 spiro atoms. The van der Waals surface area contributed by atoms with E-state index in [1.807, 2.05) is 0 Å². The molecule has 0 fully saturated rings. The smallest absolute Gasteiger partial charge is 0.337 e. The standard InChI is InChI=1S/C12H12O4/c1-16-12(15)10-6-5-9(11(14)8-10)4-2-3-7-13/h2,4-8,14H,3H2,1H3. The van der Waals surface area contributed by atoms with Gasteiger partial charge in [0.15, 0.2) is 0 Å². The molecule has 1 aromatic rings. The lowest BCUT2D eigenvalue weighted by Gasteiger charge is -2.02. The Balaban J connectivity index is 2.91. The molecule has 0 unspecified atom stereocenters. The van der Waals surface area contributed by atoms with Crippen molar-refractivity contribution in [1.29, 1.82) is 0 Å². The monoisotopic (exact) mass is 220 g/mol. The summed E-state index contributed by atoms with van der Waals surface area (Å²) in [5.41, 5.74) is 0.835. The number of ether oxygens (including phenoxy) is 1. The van der Waals surface area contributed by atoms with Crippen LogP contribution in [0.3, 0.4) is 0 Å². The second-order valence-electron chi connectivity index (χ2n) is 3.07. The molecular formula is C12H12O4. The highest BCUT2D eigenvalue weighted by atomic mass is 16.5. The number of phenols is 1. The van der Waals surface area contributed by atoms with Crippen LogP contribution >= 0.6 is 0 Å². The fourth-order valence-corrected chi connectivity index (χ4v) is 1.18. The van der Waals surface area contributed by atoms with Gasteiger partial charge in [0.2, 0.25) is 0 Å². The summed E-state index contributed by atoms with van der Waals surface area (Å²) in [6, 6.07) is 4.46. The Morgan fingerprint density at radius 2 is 2.25 bits per heavy atom. The third-order valence-corrected chi connectivity index (χ3v) is 1.98. The summed E-state index contributed by atoms with van der Waals surface area (Å²) in [5, 5.41) is 9.59. The number of methoxy groups -OCH3 is 1. The molecule has 16 heavy (non-hydrogen) atoms. The largest absolute Gasteiger partial charge is 0.507 e. The summed E-state index contributed by atoms with van der Waals surface area (Å²) in [6.45, 7) is 0. The highest BCUT2D eigenvalue weighted by Crippen LogP contribution is 2.20.